The predicted octanol–water partition coefficient (Wildman–Crippen LogP) is 2.38. The van der Waals surface area contributed by atoms with Gasteiger partial charge >= 0.3 is 0 Å². The van der Waals surface area contributed by atoms with Crippen molar-refractivity contribution in [2.45, 2.75) is 13.0 Å². The number of rotatable bonds is 2. The number of nitrogens with zero attached hydrogens (tertiary/aromatic N) is 2. The van der Waals surface area contributed by atoms with Crippen molar-refractivity contribution >= 4 is 17.5 Å². The fraction of sp³-hybridized carbons (Fsp3) is 0.273. The minimum absolute atomic E-state index is 0.142. The van der Waals surface area contributed by atoms with Crippen molar-refractivity contribution in [3.05, 3.63) is 34.9 Å². The zero-order valence-electron chi connectivity index (χ0n) is 8.57. The highest BCUT2D eigenvalue weighted by atomic mass is 35.5. The molecule has 0 saturated carbocycles. The standard InChI is InChI=1S/C11H11ClN2O/c1-8(15)14(2)11(7-13)9-3-5-10(12)6-4-9/h3-6,11H,1-2H3. The average molecular weight is 223 g/mol. The van der Waals surface area contributed by atoms with Crippen molar-refractivity contribution in [2.24, 2.45) is 0 Å². The minimum Gasteiger partial charge on any atom is -0.326 e. The van der Waals surface area contributed by atoms with Crippen LogP contribution in [0, 0.1) is 11.3 Å². The molecule has 1 unspecified atom stereocenters. The van der Waals surface area contributed by atoms with Gasteiger partial charge in [0, 0.05) is 19.0 Å². The van der Waals surface area contributed by atoms with E-state index < -0.39 is 6.04 Å². The van der Waals surface area contributed by atoms with Gasteiger partial charge in [0.15, 0.2) is 0 Å². The first-order chi connectivity index (χ1) is 7.06. The van der Waals surface area contributed by atoms with E-state index >= 15 is 0 Å². The molecule has 78 valence electrons. The summed E-state index contributed by atoms with van der Waals surface area (Å²) in [5.74, 6) is -0.142. The van der Waals surface area contributed by atoms with Crippen LogP contribution in [0.3, 0.4) is 0 Å². The van der Waals surface area contributed by atoms with Gasteiger partial charge in [0.2, 0.25) is 5.91 Å². The molecular weight excluding hydrogens is 212 g/mol. The van der Waals surface area contributed by atoms with Crippen molar-refractivity contribution in [2.75, 3.05) is 7.05 Å². The highest BCUT2D eigenvalue weighted by Gasteiger charge is 2.17. The third kappa shape index (κ3) is 2.71. The largest absolute Gasteiger partial charge is 0.326 e. The molecule has 1 aromatic carbocycles. The average Bonchev–Trinajstić information content (AvgIpc) is 2.21. The summed E-state index contributed by atoms with van der Waals surface area (Å²) in [5, 5.41) is 9.60. The molecule has 1 rings (SSSR count). The van der Waals surface area contributed by atoms with Gasteiger partial charge in [0.25, 0.3) is 0 Å². The van der Waals surface area contributed by atoms with E-state index in [9.17, 15) is 4.79 Å². The topological polar surface area (TPSA) is 44.1 Å². The summed E-state index contributed by atoms with van der Waals surface area (Å²) in [6, 6.07) is 8.42. The SMILES string of the molecule is CC(=O)N(C)C(C#N)c1ccc(Cl)cc1. The lowest BCUT2D eigenvalue weighted by Crippen LogP contribution is -2.28. The lowest BCUT2D eigenvalue weighted by atomic mass is 10.1. The van der Waals surface area contributed by atoms with Crippen LogP contribution in [0.1, 0.15) is 18.5 Å². The first kappa shape index (κ1) is 11.5. The molecule has 0 saturated heterocycles. The summed E-state index contributed by atoms with van der Waals surface area (Å²) in [5.41, 5.74) is 0.764. The summed E-state index contributed by atoms with van der Waals surface area (Å²) in [6.45, 7) is 1.43. The van der Waals surface area contributed by atoms with Crippen molar-refractivity contribution in [3.63, 3.8) is 0 Å². The number of halogens is 1. The summed E-state index contributed by atoms with van der Waals surface area (Å²) < 4.78 is 0. The molecule has 4 heteroatoms. The number of amides is 1. The van der Waals surface area contributed by atoms with Crippen molar-refractivity contribution in [1.82, 2.24) is 4.90 Å². The lowest BCUT2D eigenvalue weighted by Gasteiger charge is -2.21. The van der Waals surface area contributed by atoms with Crippen LogP contribution >= 0.6 is 11.6 Å². The highest BCUT2D eigenvalue weighted by molar-refractivity contribution is 6.30. The van der Waals surface area contributed by atoms with Crippen LogP contribution in [0.5, 0.6) is 0 Å². The quantitative estimate of drug-likeness (QED) is 0.771. The Bertz CT molecular complexity index is 394. The third-order valence-corrected chi connectivity index (χ3v) is 2.44. The smallest absolute Gasteiger partial charge is 0.220 e. The van der Waals surface area contributed by atoms with Crippen LogP contribution in [0.15, 0.2) is 24.3 Å². The number of hydrogen-bond donors (Lipinski definition) is 0. The van der Waals surface area contributed by atoms with Gasteiger partial charge in [-0.2, -0.15) is 5.26 Å². The Balaban J connectivity index is 2.99. The molecule has 0 N–H and O–H groups in total. The van der Waals surface area contributed by atoms with E-state index in [4.69, 9.17) is 16.9 Å². The zero-order chi connectivity index (χ0) is 11.4. The Morgan fingerprint density at radius 2 is 2.00 bits per heavy atom. The highest BCUT2D eigenvalue weighted by Crippen LogP contribution is 2.20. The maximum atomic E-state index is 11.1. The zero-order valence-corrected chi connectivity index (χ0v) is 9.32. The fourth-order valence-corrected chi connectivity index (χ4v) is 1.34. The fourth-order valence-electron chi connectivity index (χ4n) is 1.21. The third-order valence-electron chi connectivity index (χ3n) is 2.19. The Morgan fingerprint density at radius 1 is 1.47 bits per heavy atom. The molecule has 0 fully saturated rings. The minimum atomic E-state index is -0.556. The summed E-state index contributed by atoms with van der Waals surface area (Å²) in [4.78, 5) is 12.5. The molecule has 1 amide bonds. The molecule has 0 aliphatic heterocycles. The number of carbonyl (C=O) groups is 1. The second-order valence-corrected chi connectivity index (χ2v) is 3.65. The molecule has 0 aliphatic rings. The number of nitriles is 1. The molecule has 0 aromatic heterocycles. The van der Waals surface area contributed by atoms with E-state index in [2.05, 4.69) is 6.07 Å². The van der Waals surface area contributed by atoms with Gasteiger partial charge in [-0.1, -0.05) is 23.7 Å². The Labute approximate surface area is 93.9 Å². The van der Waals surface area contributed by atoms with Gasteiger partial charge < -0.3 is 4.90 Å². The maximum absolute atomic E-state index is 11.1. The van der Waals surface area contributed by atoms with E-state index in [-0.39, 0.29) is 5.91 Å². The second kappa shape index (κ2) is 4.81. The number of benzene rings is 1. The van der Waals surface area contributed by atoms with E-state index in [0.717, 1.165) is 5.56 Å². The van der Waals surface area contributed by atoms with Crippen LogP contribution < -0.4 is 0 Å². The van der Waals surface area contributed by atoms with Crippen LogP contribution in [0.2, 0.25) is 5.02 Å². The normalized spacial score (nSPS) is 11.6. The molecule has 1 aromatic rings. The van der Waals surface area contributed by atoms with Crippen molar-refractivity contribution < 1.29 is 4.79 Å². The van der Waals surface area contributed by atoms with Crippen LogP contribution in [0.4, 0.5) is 0 Å². The van der Waals surface area contributed by atoms with Crippen LogP contribution in [-0.2, 0) is 4.79 Å². The van der Waals surface area contributed by atoms with E-state index in [1.807, 2.05) is 0 Å². The van der Waals surface area contributed by atoms with E-state index in [1.54, 1.807) is 31.3 Å². The monoisotopic (exact) mass is 222 g/mol. The molecule has 0 bridgehead atoms. The lowest BCUT2D eigenvalue weighted by molar-refractivity contribution is -0.128. The van der Waals surface area contributed by atoms with Gasteiger partial charge in [-0.15, -0.1) is 0 Å². The molecule has 1 atom stereocenters. The van der Waals surface area contributed by atoms with Gasteiger partial charge in [-0.25, -0.2) is 0 Å². The maximum Gasteiger partial charge on any atom is 0.220 e. The molecule has 3 nitrogen and oxygen atoms in total. The molecule has 15 heavy (non-hydrogen) atoms. The molecule has 0 radical (unpaired) electrons. The molecule has 0 heterocycles. The predicted molar refractivity (Wildman–Crippen MR) is 58.3 cm³/mol. The van der Waals surface area contributed by atoms with Crippen LogP contribution in [-0.4, -0.2) is 17.9 Å². The Kier molecular flexibility index (Phi) is 3.70. The van der Waals surface area contributed by atoms with Crippen molar-refractivity contribution in [1.29, 1.82) is 5.26 Å². The number of carbonyl (C=O) groups excluding carboxylic acids is 1. The summed E-state index contributed by atoms with van der Waals surface area (Å²) >= 11 is 5.74. The Hall–Kier alpha value is -1.53. The van der Waals surface area contributed by atoms with Crippen LogP contribution in [0.25, 0.3) is 0 Å². The van der Waals surface area contributed by atoms with E-state index in [0.29, 0.717) is 5.02 Å². The molecule has 0 spiro atoms. The first-order valence-corrected chi connectivity index (χ1v) is 4.82. The van der Waals surface area contributed by atoms with Gasteiger partial charge in [0.05, 0.1) is 6.07 Å². The molecular formula is C11H11ClN2O. The van der Waals surface area contributed by atoms with Gasteiger partial charge in [0.1, 0.15) is 6.04 Å². The van der Waals surface area contributed by atoms with E-state index in [1.165, 1.54) is 11.8 Å². The summed E-state index contributed by atoms with van der Waals surface area (Å²) in [6.07, 6.45) is 0. The Morgan fingerprint density at radius 3 is 2.40 bits per heavy atom. The second-order valence-electron chi connectivity index (χ2n) is 3.21. The number of hydrogen-bond acceptors (Lipinski definition) is 2. The molecule has 0 aliphatic carbocycles. The van der Waals surface area contributed by atoms with Gasteiger partial charge in [-0.3, -0.25) is 4.79 Å². The van der Waals surface area contributed by atoms with Gasteiger partial charge in [-0.05, 0) is 17.7 Å². The van der Waals surface area contributed by atoms with Crippen molar-refractivity contribution in [3.8, 4) is 6.07 Å². The summed E-state index contributed by atoms with van der Waals surface area (Å²) in [7, 11) is 1.60. The first-order valence-electron chi connectivity index (χ1n) is 4.44.